The van der Waals surface area contributed by atoms with Gasteiger partial charge in [0.1, 0.15) is 0 Å². The molecule has 1 atom stereocenters. The van der Waals surface area contributed by atoms with Crippen LogP contribution in [0.3, 0.4) is 0 Å². The van der Waals surface area contributed by atoms with Crippen molar-refractivity contribution >= 4 is 0 Å². The van der Waals surface area contributed by atoms with Gasteiger partial charge < -0.3 is 9.80 Å². The van der Waals surface area contributed by atoms with Crippen molar-refractivity contribution in [3.05, 3.63) is 0 Å². The van der Waals surface area contributed by atoms with Gasteiger partial charge in [-0.1, -0.05) is 0 Å². The maximum absolute atomic E-state index is 5.32. The third-order valence-corrected chi connectivity index (χ3v) is 2.55. The molecule has 1 aliphatic heterocycles. The van der Waals surface area contributed by atoms with Gasteiger partial charge in [-0.05, 0) is 33.6 Å². The SMILES string of the molecule is CN1CCCN(C)C(CNN)C1. The summed E-state index contributed by atoms with van der Waals surface area (Å²) in [5, 5.41) is 0. The van der Waals surface area contributed by atoms with Crippen LogP contribution < -0.4 is 11.3 Å². The number of likely N-dealkylation sites (N-methyl/N-ethyl adjacent to an activating group) is 2. The topological polar surface area (TPSA) is 44.5 Å². The van der Waals surface area contributed by atoms with Crippen LogP contribution in [0.25, 0.3) is 0 Å². The largest absolute Gasteiger partial charge is 0.305 e. The second kappa shape index (κ2) is 4.77. The highest BCUT2D eigenvalue weighted by molar-refractivity contribution is 4.77. The number of hydrogen-bond acceptors (Lipinski definition) is 4. The number of nitrogens with two attached hydrogens (primary N) is 1. The minimum Gasteiger partial charge on any atom is -0.305 e. The fourth-order valence-corrected chi connectivity index (χ4v) is 1.72. The molecule has 1 unspecified atom stereocenters. The Morgan fingerprint density at radius 2 is 2.17 bits per heavy atom. The van der Waals surface area contributed by atoms with Crippen molar-refractivity contribution in [3.63, 3.8) is 0 Å². The molecule has 0 bridgehead atoms. The zero-order valence-electron chi connectivity index (χ0n) is 8.08. The maximum atomic E-state index is 5.32. The zero-order valence-corrected chi connectivity index (χ0v) is 8.08. The second-order valence-electron chi connectivity index (χ2n) is 3.66. The van der Waals surface area contributed by atoms with Crippen LogP contribution in [-0.4, -0.2) is 56.1 Å². The van der Waals surface area contributed by atoms with Crippen LogP contribution in [0, 0.1) is 0 Å². The molecule has 3 N–H and O–H groups in total. The molecule has 0 spiro atoms. The summed E-state index contributed by atoms with van der Waals surface area (Å²) in [4.78, 5) is 4.74. The third kappa shape index (κ3) is 2.71. The van der Waals surface area contributed by atoms with Gasteiger partial charge in [-0.3, -0.25) is 11.3 Å². The number of hydrogen-bond donors (Lipinski definition) is 2. The van der Waals surface area contributed by atoms with E-state index in [2.05, 4.69) is 29.3 Å². The average Bonchev–Trinajstić information content (AvgIpc) is 2.16. The van der Waals surface area contributed by atoms with Gasteiger partial charge in [0, 0.05) is 19.1 Å². The van der Waals surface area contributed by atoms with E-state index in [9.17, 15) is 0 Å². The molecule has 0 aliphatic carbocycles. The van der Waals surface area contributed by atoms with Crippen LogP contribution in [0.1, 0.15) is 6.42 Å². The lowest BCUT2D eigenvalue weighted by Gasteiger charge is -2.26. The highest BCUT2D eigenvalue weighted by atomic mass is 15.3. The predicted octanol–water partition coefficient (Wildman–Crippen LogP) is -0.914. The molecule has 0 saturated carbocycles. The van der Waals surface area contributed by atoms with Crippen molar-refractivity contribution in [2.45, 2.75) is 12.5 Å². The molecule has 0 aromatic heterocycles. The van der Waals surface area contributed by atoms with E-state index in [0.29, 0.717) is 6.04 Å². The van der Waals surface area contributed by atoms with Crippen LogP contribution in [0.2, 0.25) is 0 Å². The molecular weight excluding hydrogens is 152 g/mol. The highest BCUT2D eigenvalue weighted by Gasteiger charge is 2.19. The van der Waals surface area contributed by atoms with E-state index in [0.717, 1.165) is 13.1 Å². The fraction of sp³-hybridized carbons (Fsp3) is 1.00. The molecule has 4 heteroatoms. The molecule has 0 aromatic carbocycles. The molecule has 0 radical (unpaired) electrons. The molecule has 1 heterocycles. The molecule has 0 amide bonds. The van der Waals surface area contributed by atoms with Crippen molar-refractivity contribution in [1.29, 1.82) is 0 Å². The van der Waals surface area contributed by atoms with Gasteiger partial charge >= 0.3 is 0 Å². The standard InChI is InChI=1S/C8H20N4/c1-11-4-3-5-12(2)8(7-11)6-10-9/h8,10H,3-7,9H2,1-2H3. The molecule has 72 valence electrons. The Morgan fingerprint density at radius 1 is 1.42 bits per heavy atom. The van der Waals surface area contributed by atoms with Crippen LogP contribution in [0.5, 0.6) is 0 Å². The molecule has 4 nitrogen and oxygen atoms in total. The Hall–Kier alpha value is -0.160. The van der Waals surface area contributed by atoms with E-state index in [1.54, 1.807) is 0 Å². The summed E-state index contributed by atoms with van der Waals surface area (Å²) in [5.41, 5.74) is 2.75. The number of hydrazine groups is 1. The summed E-state index contributed by atoms with van der Waals surface area (Å²) in [7, 11) is 4.34. The summed E-state index contributed by atoms with van der Waals surface area (Å²) in [6.45, 7) is 4.36. The van der Waals surface area contributed by atoms with Gasteiger partial charge in [-0.2, -0.15) is 0 Å². The van der Waals surface area contributed by atoms with Crippen molar-refractivity contribution in [1.82, 2.24) is 15.2 Å². The van der Waals surface area contributed by atoms with Crippen molar-refractivity contribution < 1.29 is 0 Å². The predicted molar refractivity (Wildman–Crippen MR) is 50.7 cm³/mol. The van der Waals surface area contributed by atoms with Gasteiger partial charge in [0.15, 0.2) is 0 Å². The van der Waals surface area contributed by atoms with Crippen molar-refractivity contribution in [3.8, 4) is 0 Å². The summed E-state index contributed by atoms with van der Waals surface area (Å²) in [6.07, 6.45) is 1.26. The first-order valence-corrected chi connectivity index (χ1v) is 4.56. The molecule has 1 fully saturated rings. The summed E-state index contributed by atoms with van der Waals surface area (Å²) in [6, 6.07) is 0.558. The van der Waals surface area contributed by atoms with Gasteiger partial charge in [0.25, 0.3) is 0 Å². The van der Waals surface area contributed by atoms with E-state index < -0.39 is 0 Å². The number of nitrogens with one attached hydrogen (secondary N) is 1. The molecule has 12 heavy (non-hydrogen) atoms. The average molecular weight is 172 g/mol. The zero-order chi connectivity index (χ0) is 8.97. The molecule has 1 aliphatic rings. The Kier molecular flexibility index (Phi) is 3.94. The fourth-order valence-electron chi connectivity index (χ4n) is 1.72. The first-order chi connectivity index (χ1) is 5.74. The minimum atomic E-state index is 0.558. The number of nitrogens with zero attached hydrogens (tertiary/aromatic N) is 2. The smallest absolute Gasteiger partial charge is 0.0358 e. The molecule has 0 aromatic rings. The lowest BCUT2D eigenvalue weighted by atomic mass is 10.2. The number of rotatable bonds is 2. The lowest BCUT2D eigenvalue weighted by Crippen LogP contribution is -2.46. The maximum Gasteiger partial charge on any atom is 0.0358 e. The van der Waals surface area contributed by atoms with Crippen LogP contribution >= 0.6 is 0 Å². The monoisotopic (exact) mass is 172 g/mol. The quantitative estimate of drug-likeness (QED) is 0.418. The normalized spacial score (nSPS) is 28.8. The first-order valence-electron chi connectivity index (χ1n) is 4.56. The summed E-state index contributed by atoms with van der Waals surface area (Å²) >= 11 is 0. The second-order valence-corrected chi connectivity index (χ2v) is 3.66. The van der Waals surface area contributed by atoms with Gasteiger partial charge in [0.2, 0.25) is 0 Å². The van der Waals surface area contributed by atoms with E-state index in [1.807, 2.05) is 0 Å². The van der Waals surface area contributed by atoms with Gasteiger partial charge in [-0.25, -0.2) is 0 Å². The van der Waals surface area contributed by atoms with Crippen LogP contribution in [0.4, 0.5) is 0 Å². The molecule has 1 rings (SSSR count). The van der Waals surface area contributed by atoms with Crippen LogP contribution in [0.15, 0.2) is 0 Å². The summed E-state index contributed by atoms with van der Waals surface area (Å²) < 4.78 is 0. The van der Waals surface area contributed by atoms with Crippen LogP contribution in [-0.2, 0) is 0 Å². The third-order valence-electron chi connectivity index (χ3n) is 2.55. The molecule has 1 saturated heterocycles. The minimum absolute atomic E-state index is 0.558. The van der Waals surface area contributed by atoms with E-state index in [4.69, 9.17) is 5.84 Å². The Bertz CT molecular complexity index is 128. The van der Waals surface area contributed by atoms with Gasteiger partial charge in [-0.15, -0.1) is 0 Å². The Morgan fingerprint density at radius 3 is 2.83 bits per heavy atom. The van der Waals surface area contributed by atoms with E-state index in [-0.39, 0.29) is 0 Å². The Balaban J connectivity index is 2.42. The Labute approximate surface area is 74.7 Å². The van der Waals surface area contributed by atoms with E-state index >= 15 is 0 Å². The van der Waals surface area contributed by atoms with E-state index in [1.165, 1.54) is 19.5 Å². The summed E-state index contributed by atoms with van der Waals surface area (Å²) in [5.74, 6) is 5.32. The first kappa shape index (κ1) is 9.92. The van der Waals surface area contributed by atoms with Crippen molar-refractivity contribution in [2.24, 2.45) is 5.84 Å². The molecular formula is C8H20N4. The van der Waals surface area contributed by atoms with Gasteiger partial charge in [0.05, 0.1) is 0 Å². The van der Waals surface area contributed by atoms with Crippen molar-refractivity contribution in [2.75, 3.05) is 40.3 Å². The lowest BCUT2D eigenvalue weighted by molar-refractivity contribution is 0.220. The highest BCUT2D eigenvalue weighted by Crippen LogP contribution is 2.04.